The maximum Gasteiger partial charge on any atom is 0.270 e. The summed E-state index contributed by atoms with van der Waals surface area (Å²) >= 11 is 0. The van der Waals surface area contributed by atoms with Crippen LogP contribution in [0, 0.1) is 13.8 Å². The van der Waals surface area contributed by atoms with Crippen LogP contribution in [0.5, 0.6) is 0 Å². The molecule has 2 aromatic heterocycles. The first-order valence-corrected chi connectivity index (χ1v) is 9.13. The predicted octanol–water partition coefficient (Wildman–Crippen LogP) is 3.15. The number of fused-ring (bicyclic) bond motifs is 1. The van der Waals surface area contributed by atoms with Gasteiger partial charge in [0.05, 0.1) is 17.3 Å². The molecule has 2 N–H and O–H groups in total. The summed E-state index contributed by atoms with van der Waals surface area (Å²) in [6.45, 7) is 3.69. The van der Waals surface area contributed by atoms with Gasteiger partial charge in [0.15, 0.2) is 0 Å². The van der Waals surface area contributed by atoms with Crippen LogP contribution in [0.15, 0.2) is 9.32 Å². The highest BCUT2D eigenvalue weighted by molar-refractivity contribution is 5.94. The van der Waals surface area contributed by atoms with Crippen molar-refractivity contribution >= 4 is 11.7 Å². The lowest BCUT2D eigenvalue weighted by molar-refractivity contribution is -0.116. The van der Waals surface area contributed by atoms with Crippen LogP contribution >= 0.6 is 0 Å². The van der Waals surface area contributed by atoms with Crippen LogP contribution in [0.1, 0.15) is 79.5 Å². The molecule has 0 spiro atoms. The van der Waals surface area contributed by atoms with Gasteiger partial charge in [-0.1, -0.05) is 30.8 Å². The molecule has 0 radical (unpaired) electrons. The first-order chi connectivity index (χ1) is 12.1. The Morgan fingerprint density at radius 2 is 1.80 bits per heavy atom. The van der Waals surface area contributed by atoms with Crippen molar-refractivity contribution < 1.29 is 9.32 Å². The van der Waals surface area contributed by atoms with E-state index in [9.17, 15) is 9.59 Å². The number of aryl methyl sites for hydroxylation is 2. The molecular formula is C18H24N4O3. The molecule has 0 aromatic carbocycles. The smallest absolute Gasteiger partial charge is 0.270 e. The van der Waals surface area contributed by atoms with Crippen LogP contribution < -0.4 is 10.9 Å². The highest BCUT2D eigenvalue weighted by Crippen LogP contribution is 2.40. The standard InChI is InChI=1S/C18H24N4O3/c1-10-15(11(2)25-21-10)13-9-14(23)19-17-16(13)18(24)20-22(17)12-7-5-3-4-6-8-12/h12-13H,3-9H2,1-2H3,(H,19,23)(H,20,24)/t13-/m0/s1. The van der Waals surface area contributed by atoms with Gasteiger partial charge in [-0.15, -0.1) is 0 Å². The Hall–Kier alpha value is -2.31. The SMILES string of the molecule is Cc1noc(C)c1[C@@H]1CC(=O)Nc2c1c(=O)[nH]n2C1CCCCCC1. The van der Waals surface area contributed by atoms with Gasteiger partial charge < -0.3 is 9.84 Å². The number of aromatic amines is 1. The van der Waals surface area contributed by atoms with E-state index in [0.717, 1.165) is 36.9 Å². The van der Waals surface area contributed by atoms with Crippen molar-refractivity contribution in [2.24, 2.45) is 0 Å². The van der Waals surface area contributed by atoms with E-state index in [-0.39, 0.29) is 29.8 Å². The molecule has 1 aliphatic carbocycles. The van der Waals surface area contributed by atoms with Crippen LogP contribution in [0.3, 0.4) is 0 Å². The monoisotopic (exact) mass is 344 g/mol. The zero-order valence-corrected chi connectivity index (χ0v) is 14.7. The van der Waals surface area contributed by atoms with Crippen molar-refractivity contribution in [3.63, 3.8) is 0 Å². The van der Waals surface area contributed by atoms with Crippen LogP contribution in [-0.4, -0.2) is 20.8 Å². The lowest BCUT2D eigenvalue weighted by Crippen LogP contribution is -2.28. The Bertz CT molecular complexity index is 833. The van der Waals surface area contributed by atoms with Crippen LogP contribution in [0.25, 0.3) is 0 Å². The molecule has 3 heterocycles. The minimum atomic E-state index is -0.300. The fourth-order valence-electron chi connectivity index (χ4n) is 4.41. The van der Waals surface area contributed by atoms with Crippen molar-refractivity contribution in [2.75, 3.05) is 5.32 Å². The minimum absolute atomic E-state index is 0.0705. The van der Waals surface area contributed by atoms with Crippen molar-refractivity contribution in [2.45, 2.75) is 70.8 Å². The van der Waals surface area contributed by atoms with Crippen LogP contribution in [0.4, 0.5) is 5.82 Å². The normalized spacial score (nSPS) is 21.7. The molecule has 0 bridgehead atoms. The van der Waals surface area contributed by atoms with Gasteiger partial charge in [0.2, 0.25) is 5.91 Å². The van der Waals surface area contributed by atoms with Crippen molar-refractivity contribution in [1.29, 1.82) is 0 Å². The fourth-order valence-corrected chi connectivity index (χ4v) is 4.41. The molecule has 0 unspecified atom stereocenters. The van der Waals surface area contributed by atoms with E-state index in [1.807, 2.05) is 18.5 Å². The van der Waals surface area contributed by atoms with Crippen molar-refractivity contribution in [3.05, 3.63) is 32.9 Å². The maximum atomic E-state index is 12.8. The van der Waals surface area contributed by atoms with Crippen LogP contribution in [-0.2, 0) is 4.79 Å². The van der Waals surface area contributed by atoms with Gasteiger partial charge >= 0.3 is 0 Å². The van der Waals surface area contributed by atoms with Gasteiger partial charge in [-0.2, -0.15) is 0 Å². The molecule has 1 fully saturated rings. The summed E-state index contributed by atoms with van der Waals surface area (Å²) in [5.74, 6) is 0.938. The summed E-state index contributed by atoms with van der Waals surface area (Å²) in [6.07, 6.45) is 7.08. The van der Waals surface area contributed by atoms with E-state index >= 15 is 0 Å². The molecule has 4 rings (SSSR count). The molecule has 25 heavy (non-hydrogen) atoms. The fraction of sp³-hybridized carbons (Fsp3) is 0.611. The van der Waals surface area contributed by atoms with E-state index in [0.29, 0.717) is 17.1 Å². The molecule has 7 nitrogen and oxygen atoms in total. The number of hydrogen-bond donors (Lipinski definition) is 2. The number of rotatable bonds is 2. The molecule has 1 aliphatic heterocycles. The largest absolute Gasteiger partial charge is 0.361 e. The number of amides is 1. The number of H-pyrrole nitrogens is 1. The lowest BCUT2D eigenvalue weighted by Gasteiger charge is -2.25. The van der Waals surface area contributed by atoms with E-state index in [2.05, 4.69) is 15.6 Å². The molecule has 2 aliphatic rings. The number of nitrogens with one attached hydrogen (secondary N) is 2. The molecular weight excluding hydrogens is 320 g/mol. The Kier molecular flexibility index (Phi) is 4.01. The summed E-state index contributed by atoms with van der Waals surface area (Å²) in [5.41, 5.74) is 2.12. The highest BCUT2D eigenvalue weighted by Gasteiger charge is 2.36. The van der Waals surface area contributed by atoms with Crippen LogP contribution in [0.2, 0.25) is 0 Å². The highest BCUT2D eigenvalue weighted by atomic mass is 16.5. The van der Waals surface area contributed by atoms with E-state index < -0.39 is 0 Å². The summed E-state index contributed by atoms with van der Waals surface area (Å²) in [6, 6.07) is 0.239. The third kappa shape index (κ3) is 2.71. The quantitative estimate of drug-likeness (QED) is 0.819. The zero-order valence-electron chi connectivity index (χ0n) is 14.7. The second kappa shape index (κ2) is 6.20. The Morgan fingerprint density at radius 1 is 1.08 bits per heavy atom. The zero-order chi connectivity index (χ0) is 17.6. The Balaban J connectivity index is 1.82. The van der Waals surface area contributed by atoms with Gasteiger partial charge in [0, 0.05) is 17.9 Å². The average Bonchev–Trinajstić information content (AvgIpc) is 2.94. The molecule has 1 atom stereocenters. The van der Waals surface area contributed by atoms with Crippen molar-refractivity contribution in [1.82, 2.24) is 14.9 Å². The summed E-state index contributed by atoms with van der Waals surface area (Å²) in [7, 11) is 0. The van der Waals surface area contributed by atoms with E-state index in [4.69, 9.17) is 4.52 Å². The maximum absolute atomic E-state index is 12.8. The summed E-state index contributed by atoms with van der Waals surface area (Å²) < 4.78 is 7.19. The van der Waals surface area contributed by atoms with E-state index in [1.165, 1.54) is 12.8 Å². The number of hydrogen-bond acceptors (Lipinski definition) is 4. The second-order valence-electron chi connectivity index (χ2n) is 7.26. The second-order valence-corrected chi connectivity index (χ2v) is 7.26. The third-order valence-corrected chi connectivity index (χ3v) is 5.59. The lowest BCUT2D eigenvalue weighted by atomic mass is 9.86. The molecule has 1 amide bonds. The topological polar surface area (TPSA) is 92.9 Å². The molecule has 7 heteroatoms. The van der Waals surface area contributed by atoms with Gasteiger partial charge in [-0.25, -0.2) is 0 Å². The minimum Gasteiger partial charge on any atom is -0.361 e. The average molecular weight is 344 g/mol. The number of anilines is 1. The first kappa shape index (κ1) is 16.2. The number of carbonyl (C=O) groups excluding carboxylic acids is 1. The molecule has 134 valence electrons. The number of aromatic nitrogens is 3. The molecule has 0 saturated heterocycles. The number of carbonyl (C=O) groups is 1. The van der Waals surface area contributed by atoms with Gasteiger partial charge in [-0.3, -0.25) is 19.4 Å². The number of nitrogens with zero attached hydrogens (tertiary/aromatic N) is 2. The Morgan fingerprint density at radius 3 is 2.44 bits per heavy atom. The predicted molar refractivity (Wildman–Crippen MR) is 92.9 cm³/mol. The van der Waals surface area contributed by atoms with E-state index in [1.54, 1.807) is 0 Å². The van der Waals surface area contributed by atoms with Gasteiger partial charge in [-0.05, 0) is 26.7 Å². The van der Waals surface area contributed by atoms with Gasteiger partial charge in [0.1, 0.15) is 11.6 Å². The third-order valence-electron chi connectivity index (χ3n) is 5.59. The first-order valence-electron chi connectivity index (χ1n) is 9.13. The van der Waals surface area contributed by atoms with Gasteiger partial charge in [0.25, 0.3) is 5.56 Å². The molecule has 1 saturated carbocycles. The molecule has 2 aromatic rings. The van der Waals surface area contributed by atoms with Crippen molar-refractivity contribution in [3.8, 4) is 0 Å². The Labute approximate surface area is 145 Å². The summed E-state index contributed by atoms with van der Waals surface area (Å²) in [5, 5.41) is 9.94. The summed E-state index contributed by atoms with van der Waals surface area (Å²) in [4.78, 5) is 25.1.